The van der Waals surface area contributed by atoms with E-state index < -0.39 is 0 Å². The number of rotatable bonds is 6. The van der Waals surface area contributed by atoms with Crippen molar-refractivity contribution in [2.45, 2.75) is 25.8 Å². The van der Waals surface area contributed by atoms with Gasteiger partial charge in [0.25, 0.3) is 0 Å². The zero-order valence-corrected chi connectivity index (χ0v) is 12.3. The highest BCUT2D eigenvalue weighted by Crippen LogP contribution is 2.20. The van der Waals surface area contributed by atoms with Gasteiger partial charge in [-0.1, -0.05) is 6.92 Å². The Balaban J connectivity index is 1.91. The van der Waals surface area contributed by atoms with E-state index in [9.17, 15) is 0 Å². The van der Waals surface area contributed by atoms with Crippen molar-refractivity contribution in [1.82, 2.24) is 15.3 Å². The number of thiazole rings is 1. The van der Waals surface area contributed by atoms with Gasteiger partial charge >= 0.3 is 0 Å². The van der Waals surface area contributed by atoms with Crippen LogP contribution in [0.25, 0.3) is 0 Å². The summed E-state index contributed by atoms with van der Waals surface area (Å²) in [6.45, 7) is 5.23. The maximum absolute atomic E-state index is 5.14. The van der Waals surface area contributed by atoms with E-state index in [1.54, 1.807) is 24.6 Å². The van der Waals surface area contributed by atoms with E-state index in [2.05, 4.69) is 29.1 Å². The molecule has 2 aromatic rings. The van der Waals surface area contributed by atoms with Crippen LogP contribution in [0.4, 0.5) is 0 Å². The second kappa shape index (κ2) is 6.63. The van der Waals surface area contributed by atoms with Crippen LogP contribution in [0.15, 0.2) is 29.9 Å². The van der Waals surface area contributed by atoms with Gasteiger partial charge in [0.2, 0.25) is 5.88 Å². The minimum absolute atomic E-state index is 0.263. The second-order valence-electron chi connectivity index (χ2n) is 4.53. The lowest BCUT2D eigenvalue weighted by molar-refractivity contribution is 0.396. The zero-order valence-electron chi connectivity index (χ0n) is 11.5. The Kier molecular flexibility index (Phi) is 4.87. The Labute approximate surface area is 117 Å². The Bertz CT molecular complexity index is 501. The van der Waals surface area contributed by atoms with Crippen molar-refractivity contribution in [2.75, 3.05) is 13.7 Å². The van der Waals surface area contributed by atoms with E-state index >= 15 is 0 Å². The maximum atomic E-state index is 5.14. The smallest absolute Gasteiger partial charge is 0.213 e. The molecule has 0 unspecified atom stereocenters. The van der Waals surface area contributed by atoms with Crippen LogP contribution in [0.3, 0.4) is 0 Å². The normalized spacial score (nSPS) is 14.1. The second-order valence-corrected chi connectivity index (χ2v) is 5.46. The van der Waals surface area contributed by atoms with Crippen molar-refractivity contribution in [3.05, 3.63) is 40.5 Å². The molecule has 2 heterocycles. The molecule has 2 atom stereocenters. The lowest BCUT2D eigenvalue weighted by Gasteiger charge is -2.17. The summed E-state index contributed by atoms with van der Waals surface area (Å²) in [6, 6.07) is 4.24. The van der Waals surface area contributed by atoms with Crippen LogP contribution in [0, 0.1) is 0 Å². The fourth-order valence-corrected chi connectivity index (χ4v) is 2.54. The molecule has 0 aliphatic carbocycles. The van der Waals surface area contributed by atoms with Crippen molar-refractivity contribution in [2.24, 2.45) is 0 Å². The van der Waals surface area contributed by atoms with Crippen molar-refractivity contribution >= 4 is 11.3 Å². The summed E-state index contributed by atoms with van der Waals surface area (Å²) in [5.41, 5.74) is 1.18. The van der Waals surface area contributed by atoms with Gasteiger partial charge in [-0.2, -0.15) is 0 Å². The molecule has 0 saturated carbocycles. The molecular weight excluding hydrogens is 258 g/mol. The summed E-state index contributed by atoms with van der Waals surface area (Å²) in [5.74, 6) is 1.07. The Hall–Kier alpha value is -1.46. The molecular formula is C14H19N3OS. The number of aromatic nitrogens is 2. The molecule has 2 rings (SSSR count). The molecule has 102 valence electrons. The van der Waals surface area contributed by atoms with Crippen LogP contribution in [0.1, 0.15) is 36.4 Å². The number of hydrogen-bond donors (Lipinski definition) is 1. The molecule has 0 aliphatic rings. The van der Waals surface area contributed by atoms with Crippen molar-refractivity contribution in [1.29, 1.82) is 0 Å². The number of methoxy groups -OCH3 is 1. The average molecular weight is 277 g/mol. The van der Waals surface area contributed by atoms with Crippen LogP contribution >= 0.6 is 11.3 Å². The summed E-state index contributed by atoms with van der Waals surface area (Å²) in [6.07, 6.45) is 3.63. The van der Waals surface area contributed by atoms with E-state index in [1.807, 2.05) is 23.7 Å². The van der Waals surface area contributed by atoms with Crippen molar-refractivity contribution < 1.29 is 4.74 Å². The summed E-state index contributed by atoms with van der Waals surface area (Å²) in [7, 11) is 1.63. The first-order chi connectivity index (χ1) is 9.20. The minimum atomic E-state index is 0.263. The lowest BCUT2D eigenvalue weighted by atomic mass is 10.1. The first kappa shape index (κ1) is 14.0. The number of ether oxygens (including phenoxy) is 1. The molecule has 0 amide bonds. The van der Waals surface area contributed by atoms with Crippen LogP contribution in [0.2, 0.25) is 0 Å². The molecule has 0 radical (unpaired) electrons. The first-order valence-electron chi connectivity index (χ1n) is 6.33. The van der Waals surface area contributed by atoms with Gasteiger partial charge in [0.05, 0.1) is 12.1 Å². The zero-order chi connectivity index (χ0) is 13.7. The molecule has 19 heavy (non-hydrogen) atoms. The molecule has 1 N–H and O–H groups in total. The van der Waals surface area contributed by atoms with Crippen molar-refractivity contribution in [3.8, 4) is 5.88 Å². The highest BCUT2D eigenvalue weighted by atomic mass is 32.1. The van der Waals surface area contributed by atoms with E-state index in [-0.39, 0.29) is 6.04 Å². The molecule has 0 saturated heterocycles. The lowest BCUT2D eigenvalue weighted by Crippen LogP contribution is -2.23. The number of nitrogens with one attached hydrogen (secondary N) is 1. The van der Waals surface area contributed by atoms with Gasteiger partial charge in [-0.15, -0.1) is 11.3 Å². The molecule has 0 aliphatic heterocycles. The maximum Gasteiger partial charge on any atom is 0.213 e. The van der Waals surface area contributed by atoms with Gasteiger partial charge in [0, 0.05) is 42.3 Å². The average Bonchev–Trinajstić information content (AvgIpc) is 2.98. The Morgan fingerprint density at radius 1 is 1.32 bits per heavy atom. The standard InChI is InChI=1S/C14H19N3OS/c1-10(14-16-6-7-19-14)9-17-11(2)12-4-5-15-13(8-12)18-3/h4-8,10-11,17H,9H2,1-3H3/t10-,11+/m0/s1. The van der Waals surface area contributed by atoms with Gasteiger partial charge in [0.1, 0.15) is 0 Å². The topological polar surface area (TPSA) is 47.0 Å². The van der Waals surface area contributed by atoms with Crippen LogP contribution in [-0.2, 0) is 0 Å². The van der Waals surface area contributed by atoms with E-state index in [4.69, 9.17) is 4.74 Å². The van der Waals surface area contributed by atoms with Gasteiger partial charge in [0.15, 0.2) is 0 Å². The van der Waals surface area contributed by atoms with Gasteiger partial charge in [-0.05, 0) is 18.6 Å². The minimum Gasteiger partial charge on any atom is -0.481 e. The molecule has 0 bridgehead atoms. The molecule has 0 spiro atoms. The highest BCUT2D eigenvalue weighted by molar-refractivity contribution is 7.09. The predicted molar refractivity (Wildman–Crippen MR) is 77.7 cm³/mol. The van der Waals surface area contributed by atoms with Crippen LogP contribution < -0.4 is 10.1 Å². The van der Waals surface area contributed by atoms with E-state index in [0.717, 1.165) is 6.54 Å². The fraction of sp³-hybridized carbons (Fsp3) is 0.429. The van der Waals surface area contributed by atoms with Crippen LogP contribution in [0.5, 0.6) is 5.88 Å². The van der Waals surface area contributed by atoms with Gasteiger partial charge in [-0.3, -0.25) is 0 Å². The SMILES string of the molecule is COc1cc([C@@H](C)NC[C@H](C)c2nccs2)ccn1. The summed E-state index contributed by atoms with van der Waals surface area (Å²) in [4.78, 5) is 8.46. The van der Waals surface area contributed by atoms with E-state index in [1.165, 1.54) is 10.6 Å². The number of pyridine rings is 1. The van der Waals surface area contributed by atoms with Crippen molar-refractivity contribution in [3.63, 3.8) is 0 Å². The third-order valence-electron chi connectivity index (χ3n) is 3.07. The monoisotopic (exact) mass is 277 g/mol. The van der Waals surface area contributed by atoms with Gasteiger partial charge in [-0.25, -0.2) is 9.97 Å². The molecule has 5 heteroatoms. The predicted octanol–water partition coefficient (Wildman–Crippen LogP) is 3.00. The quantitative estimate of drug-likeness (QED) is 0.881. The van der Waals surface area contributed by atoms with E-state index in [0.29, 0.717) is 11.8 Å². The first-order valence-corrected chi connectivity index (χ1v) is 7.21. The molecule has 4 nitrogen and oxygen atoms in total. The third kappa shape index (κ3) is 3.75. The number of nitrogens with zero attached hydrogens (tertiary/aromatic N) is 2. The summed E-state index contributed by atoms with van der Waals surface area (Å²) >= 11 is 1.70. The number of hydrogen-bond acceptors (Lipinski definition) is 5. The summed E-state index contributed by atoms with van der Waals surface area (Å²) < 4.78 is 5.14. The van der Waals surface area contributed by atoms with Crippen LogP contribution in [-0.4, -0.2) is 23.6 Å². The summed E-state index contributed by atoms with van der Waals surface area (Å²) in [5, 5.41) is 6.71. The Morgan fingerprint density at radius 3 is 2.84 bits per heavy atom. The fourth-order valence-electron chi connectivity index (χ4n) is 1.84. The highest BCUT2D eigenvalue weighted by Gasteiger charge is 2.11. The largest absolute Gasteiger partial charge is 0.481 e. The van der Waals surface area contributed by atoms with Gasteiger partial charge < -0.3 is 10.1 Å². The molecule has 0 aromatic carbocycles. The Morgan fingerprint density at radius 2 is 2.16 bits per heavy atom. The third-order valence-corrected chi connectivity index (χ3v) is 4.08. The molecule has 0 fully saturated rings. The molecule has 2 aromatic heterocycles.